The number of aromatic amines is 1. The first-order valence-electron chi connectivity index (χ1n) is 7.58. The number of H-pyrrole nitrogens is 1. The van der Waals surface area contributed by atoms with E-state index in [0.717, 1.165) is 23.4 Å². The minimum Gasteiger partial charge on any atom is -0.326 e. The van der Waals surface area contributed by atoms with Crippen LogP contribution in [0.2, 0.25) is 0 Å². The van der Waals surface area contributed by atoms with Gasteiger partial charge in [-0.1, -0.05) is 26.0 Å². The Kier molecular flexibility index (Phi) is 3.79. The third kappa shape index (κ3) is 3.08. The number of hydrogen-bond acceptors (Lipinski definition) is 3. The summed E-state index contributed by atoms with van der Waals surface area (Å²) in [5, 5.41) is 2.93. The van der Waals surface area contributed by atoms with Crippen LogP contribution in [0.15, 0.2) is 35.1 Å². The Balaban J connectivity index is 1.86. The lowest BCUT2D eigenvalue weighted by Crippen LogP contribution is -2.14. The topological polar surface area (TPSA) is 74.8 Å². The van der Waals surface area contributed by atoms with E-state index in [4.69, 9.17) is 0 Å². The van der Waals surface area contributed by atoms with Crippen LogP contribution in [0.1, 0.15) is 26.0 Å². The second kappa shape index (κ2) is 5.75. The molecular weight excluding hydrogens is 278 g/mol. The van der Waals surface area contributed by atoms with Crippen LogP contribution < -0.4 is 10.9 Å². The Morgan fingerprint density at radius 1 is 1.41 bits per heavy atom. The zero-order valence-electron chi connectivity index (χ0n) is 12.7. The van der Waals surface area contributed by atoms with Gasteiger partial charge < -0.3 is 10.3 Å². The smallest absolute Gasteiger partial charge is 0.251 e. The molecule has 1 fully saturated rings. The van der Waals surface area contributed by atoms with Crippen molar-refractivity contribution in [3.05, 3.63) is 46.4 Å². The fourth-order valence-corrected chi connectivity index (χ4v) is 2.49. The van der Waals surface area contributed by atoms with Crippen LogP contribution in [0.3, 0.4) is 0 Å². The molecule has 5 heteroatoms. The van der Waals surface area contributed by atoms with Gasteiger partial charge in [0.25, 0.3) is 5.56 Å². The molecule has 2 atom stereocenters. The first kappa shape index (κ1) is 14.5. The number of hydrogen-bond donors (Lipinski definition) is 2. The standard InChI is InChI=1S/C17H19N3O2/c1-3-12-9-15(21)20-16(18-12)11-5-4-6-13(8-11)19-17(22)14-7-10(14)2/h4-6,8-10,14H,3,7H2,1-2H3,(H,19,22)(H,18,20,21)/t10-,14-/m0/s1. The number of amides is 1. The van der Waals surface area contributed by atoms with Gasteiger partial charge in [0.2, 0.25) is 5.91 Å². The van der Waals surface area contributed by atoms with Crippen LogP contribution in [0.4, 0.5) is 5.69 Å². The van der Waals surface area contributed by atoms with Gasteiger partial charge in [-0.15, -0.1) is 0 Å². The minimum absolute atomic E-state index is 0.0633. The molecule has 114 valence electrons. The van der Waals surface area contributed by atoms with Gasteiger partial charge in [0.15, 0.2) is 0 Å². The molecule has 1 amide bonds. The van der Waals surface area contributed by atoms with Crippen LogP contribution >= 0.6 is 0 Å². The summed E-state index contributed by atoms with van der Waals surface area (Å²) in [6.45, 7) is 4.03. The van der Waals surface area contributed by atoms with Crippen molar-refractivity contribution in [2.24, 2.45) is 11.8 Å². The predicted octanol–water partition coefficient (Wildman–Crippen LogP) is 2.59. The number of nitrogens with one attached hydrogen (secondary N) is 2. The molecule has 1 aliphatic rings. The van der Waals surface area contributed by atoms with Gasteiger partial charge in [0, 0.05) is 28.9 Å². The van der Waals surface area contributed by atoms with Crippen LogP contribution in [0.5, 0.6) is 0 Å². The van der Waals surface area contributed by atoms with Gasteiger partial charge in [-0.3, -0.25) is 9.59 Å². The van der Waals surface area contributed by atoms with Crippen molar-refractivity contribution in [3.63, 3.8) is 0 Å². The Morgan fingerprint density at radius 2 is 2.18 bits per heavy atom. The maximum Gasteiger partial charge on any atom is 0.251 e. The molecule has 0 spiro atoms. The van der Waals surface area contributed by atoms with Crippen molar-refractivity contribution in [1.29, 1.82) is 0 Å². The molecule has 2 N–H and O–H groups in total. The Hall–Kier alpha value is -2.43. The van der Waals surface area contributed by atoms with Crippen molar-refractivity contribution in [1.82, 2.24) is 9.97 Å². The number of rotatable bonds is 4. The molecule has 0 unspecified atom stereocenters. The number of benzene rings is 1. The molecule has 1 aliphatic carbocycles. The third-order valence-electron chi connectivity index (χ3n) is 4.01. The highest BCUT2D eigenvalue weighted by atomic mass is 16.2. The summed E-state index contributed by atoms with van der Waals surface area (Å²) in [7, 11) is 0. The molecule has 22 heavy (non-hydrogen) atoms. The van der Waals surface area contributed by atoms with Crippen LogP contribution in [-0.4, -0.2) is 15.9 Å². The third-order valence-corrected chi connectivity index (χ3v) is 4.01. The van der Waals surface area contributed by atoms with E-state index in [-0.39, 0.29) is 17.4 Å². The highest BCUT2D eigenvalue weighted by Crippen LogP contribution is 2.38. The highest BCUT2D eigenvalue weighted by Gasteiger charge is 2.39. The number of anilines is 1. The molecule has 1 saturated carbocycles. The molecule has 3 rings (SSSR count). The lowest BCUT2D eigenvalue weighted by Gasteiger charge is -2.07. The van der Waals surface area contributed by atoms with E-state index >= 15 is 0 Å². The lowest BCUT2D eigenvalue weighted by atomic mass is 10.1. The van der Waals surface area contributed by atoms with Crippen LogP contribution in [0.25, 0.3) is 11.4 Å². The summed E-state index contributed by atoms with van der Waals surface area (Å²) in [6, 6.07) is 8.90. The normalized spacial score (nSPS) is 19.7. The average Bonchev–Trinajstić information content (AvgIpc) is 3.24. The second-order valence-electron chi connectivity index (χ2n) is 5.83. The fourth-order valence-electron chi connectivity index (χ4n) is 2.49. The molecule has 1 aromatic carbocycles. The van der Waals surface area contributed by atoms with E-state index in [2.05, 4.69) is 22.2 Å². The van der Waals surface area contributed by atoms with E-state index in [1.165, 1.54) is 6.07 Å². The first-order chi connectivity index (χ1) is 10.6. The van der Waals surface area contributed by atoms with E-state index in [1.54, 1.807) is 0 Å². The zero-order chi connectivity index (χ0) is 15.7. The van der Waals surface area contributed by atoms with E-state index in [9.17, 15) is 9.59 Å². The van der Waals surface area contributed by atoms with Crippen molar-refractivity contribution >= 4 is 11.6 Å². The number of aryl methyl sites for hydroxylation is 1. The van der Waals surface area contributed by atoms with Crippen molar-refractivity contribution in [2.75, 3.05) is 5.32 Å². The molecule has 0 saturated heterocycles. The molecule has 0 aliphatic heterocycles. The molecule has 1 aromatic heterocycles. The fraction of sp³-hybridized carbons (Fsp3) is 0.353. The molecule has 0 radical (unpaired) electrons. The molecule has 2 aromatic rings. The minimum atomic E-state index is -0.164. The Labute approximate surface area is 128 Å². The van der Waals surface area contributed by atoms with Crippen molar-refractivity contribution < 1.29 is 4.79 Å². The van der Waals surface area contributed by atoms with Crippen molar-refractivity contribution in [3.8, 4) is 11.4 Å². The number of carbonyl (C=O) groups excluding carboxylic acids is 1. The molecule has 5 nitrogen and oxygen atoms in total. The number of nitrogens with zero attached hydrogens (tertiary/aromatic N) is 1. The number of aromatic nitrogens is 2. The van der Waals surface area contributed by atoms with Gasteiger partial charge in [0.1, 0.15) is 5.82 Å². The summed E-state index contributed by atoms with van der Waals surface area (Å²) in [4.78, 5) is 30.9. The summed E-state index contributed by atoms with van der Waals surface area (Å²) in [5.41, 5.74) is 2.10. The van der Waals surface area contributed by atoms with Gasteiger partial charge >= 0.3 is 0 Å². The summed E-state index contributed by atoms with van der Waals surface area (Å²) in [6.07, 6.45) is 1.66. The van der Waals surface area contributed by atoms with Crippen molar-refractivity contribution in [2.45, 2.75) is 26.7 Å². The van der Waals surface area contributed by atoms with Gasteiger partial charge in [-0.05, 0) is 30.9 Å². The maximum absolute atomic E-state index is 12.0. The first-order valence-corrected chi connectivity index (χ1v) is 7.58. The molecule has 1 heterocycles. The largest absolute Gasteiger partial charge is 0.326 e. The Bertz CT molecular complexity index is 766. The average molecular weight is 297 g/mol. The predicted molar refractivity (Wildman–Crippen MR) is 85.6 cm³/mol. The van der Waals surface area contributed by atoms with Gasteiger partial charge in [0.05, 0.1) is 0 Å². The van der Waals surface area contributed by atoms with Gasteiger partial charge in [-0.2, -0.15) is 0 Å². The Morgan fingerprint density at radius 3 is 2.86 bits per heavy atom. The van der Waals surface area contributed by atoms with Crippen LogP contribution in [0, 0.1) is 11.8 Å². The SMILES string of the molecule is CCc1cc(=O)[nH]c(-c2cccc(NC(=O)[C@H]3C[C@@H]3C)c2)n1. The monoisotopic (exact) mass is 297 g/mol. The maximum atomic E-state index is 12.0. The van der Waals surface area contributed by atoms with E-state index in [0.29, 0.717) is 18.2 Å². The van der Waals surface area contributed by atoms with Gasteiger partial charge in [-0.25, -0.2) is 4.98 Å². The quantitative estimate of drug-likeness (QED) is 0.911. The molecule has 0 bridgehead atoms. The second-order valence-corrected chi connectivity index (χ2v) is 5.83. The number of carbonyl (C=O) groups is 1. The summed E-state index contributed by atoms with van der Waals surface area (Å²) in [5.74, 6) is 1.20. The van der Waals surface area contributed by atoms with E-state index < -0.39 is 0 Å². The zero-order valence-corrected chi connectivity index (χ0v) is 12.7. The summed E-state index contributed by atoms with van der Waals surface area (Å²) < 4.78 is 0. The summed E-state index contributed by atoms with van der Waals surface area (Å²) >= 11 is 0. The highest BCUT2D eigenvalue weighted by molar-refractivity contribution is 5.94. The lowest BCUT2D eigenvalue weighted by molar-refractivity contribution is -0.117. The van der Waals surface area contributed by atoms with Crippen LogP contribution in [-0.2, 0) is 11.2 Å². The molecular formula is C17H19N3O2. The van der Waals surface area contributed by atoms with E-state index in [1.807, 2.05) is 31.2 Å².